The molecule has 1 aromatic heterocycles. The van der Waals surface area contributed by atoms with E-state index in [9.17, 15) is 4.79 Å². The first-order chi connectivity index (χ1) is 14.9. The molecular weight excluding hydrogens is 388 g/mol. The molecule has 0 bridgehead atoms. The van der Waals surface area contributed by atoms with Gasteiger partial charge in [0.2, 0.25) is 0 Å². The lowest BCUT2D eigenvalue weighted by molar-refractivity contribution is -0.118. The van der Waals surface area contributed by atoms with E-state index in [1.165, 1.54) is 11.1 Å². The summed E-state index contributed by atoms with van der Waals surface area (Å²) < 4.78 is 11.5. The van der Waals surface area contributed by atoms with Crippen LogP contribution in [0.1, 0.15) is 33.7 Å². The van der Waals surface area contributed by atoms with Gasteiger partial charge >= 0.3 is 0 Å². The minimum atomic E-state index is -0.197. The molecule has 0 aliphatic rings. The average Bonchev–Trinajstić information content (AvgIpc) is 3.10. The largest absolute Gasteiger partial charge is 0.483 e. The Kier molecular flexibility index (Phi) is 5.76. The minimum Gasteiger partial charge on any atom is -0.483 e. The molecule has 0 saturated heterocycles. The van der Waals surface area contributed by atoms with Gasteiger partial charge in [-0.2, -0.15) is 0 Å². The Morgan fingerprint density at radius 1 is 0.935 bits per heavy atom. The van der Waals surface area contributed by atoms with E-state index in [0.29, 0.717) is 12.3 Å². The number of rotatable bonds is 6. The Balaban J connectivity index is 1.35. The molecular formula is C26H26N2O3. The molecule has 0 saturated carbocycles. The Morgan fingerprint density at radius 2 is 1.68 bits per heavy atom. The number of hydrogen-bond acceptors (Lipinski definition) is 4. The van der Waals surface area contributed by atoms with Crippen LogP contribution in [0.3, 0.4) is 0 Å². The zero-order chi connectivity index (χ0) is 22.0. The first-order valence-corrected chi connectivity index (χ1v) is 10.3. The van der Waals surface area contributed by atoms with Gasteiger partial charge < -0.3 is 14.5 Å². The van der Waals surface area contributed by atoms with E-state index >= 15 is 0 Å². The summed E-state index contributed by atoms with van der Waals surface area (Å²) in [7, 11) is 0. The number of fused-ring (bicyclic) bond motifs is 1. The van der Waals surface area contributed by atoms with Gasteiger partial charge in [0.25, 0.3) is 5.91 Å². The van der Waals surface area contributed by atoms with Gasteiger partial charge in [-0.1, -0.05) is 29.8 Å². The minimum absolute atomic E-state index is 0.0343. The van der Waals surface area contributed by atoms with Crippen molar-refractivity contribution in [1.82, 2.24) is 4.98 Å². The van der Waals surface area contributed by atoms with Crippen LogP contribution in [0.25, 0.3) is 11.1 Å². The molecule has 0 fully saturated rings. The molecule has 4 rings (SSSR count). The van der Waals surface area contributed by atoms with Crippen molar-refractivity contribution < 1.29 is 13.9 Å². The number of hydrogen-bond donors (Lipinski definition) is 1. The zero-order valence-electron chi connectivity index (χ0n) is 18.3. The maximum atomic E-state index is 12.2. The average molecular weight is 415 g/mol. The van der Waals surface area contributed by atoms with E-state index in [1.54, 1.807) is 0 Å². The van der Waals surface area contributed by atoms with Gasteiger partial charge in [0.1, 0.15) is 11.3 Å². The zero-order valence-corrected chi connectivity index (χ0v) is 18.3. The lowest BCUT2D eigenvalue weighted by atomic mass is 10.1. The number of nitrogens with zero attached hydrogens (tertiary/aromatic N) is 1. The Morgan fingerprint density at radius 3 is 2.42 bits per heavy atom. The van der Waals surface area contributed by atoms with E-state index in [-0.39, 0.29) is 12.5 Å². The second-order valence-electron chi connectivity index (χ2n) is 7.99. The van der Waals surface area contributed by atoms with E-state index in [2.05, 4.69) is 30.2 Å². The van der Waals surface area contributed by atoms with Gasteiger partial charge in [-0.3, -0.25) is 4.79 Å². The molecule has 3 aromatic carbocycles. The number of benzene rings is 3. The van der Waals surface area contributed by atoms with Crippen molar-refractivity contribution in [2.75, 3.05) is 11.9 Å². The summed E-state index contributed by atoms with van der Waals surface area (Å²) in [6.45, 7) is 8.10. The van der Waals surface area contributed by atoms with Crippen LogP contribution in [0.2, 0.25) is 0 Å². The van der Waals surface area contributed by atoms with Gasteiger partial charge in [-0.15, -0.1) is 0 Å². The number of nitrogens with one attached hydrogen (secondary N) is 1. The maximum absolute atomic E-state index is 12.2. The molecule has 1 N–H and O–H groups in total. The quantitative estimate of drug-likeness (QED) is 0.441. The number of amides is 1. The standard InChI is InChI=1S/C26H26N2O3/c1-16-5-10-23(19(4)11-16)30-15-25(29)27-21-8-6-20(7-9-21)14-26-28-22-12-17(2)18(3)13-24(22)31-26/h5-13H,14-15H2,1-4H3,(H,27,29). The molecule has 0 aliphatic carbocycles. The van der Waals surface area contributed by atoms with E-state index in [4.69, 9.17) is 9.15 Å². The summed E-state index contributed by atoms with van der Waals surface area (Å²) in [4.78, 5) is 16.8. The van der Waals surface area contributed by atoms with Crippen LogP contribution in [0.4, 0.5) is 5.69 Å². The number of ether oxygens (including phenoxy) is 1. The third-order valence-corrected chi connectivity index (χ3v) is 5.33. The third kappa shape index (κ3) is 4.94. The highest BCUT2D eigenvalue weighted by atomic mass is 16.5. The summed E-state index contributed by atoms with van der Waals surface area (Å²) >= 11 is 0. The SMILES string of the molecule is Cc1ccc(OCC(=O)Nc2ccc(Cc3nc4cc(C)c(C)cc4o3)cc2)c(C)c1. The second kappa shape index (κ2) is 8.64. The summed E-state index contributed by atoms with van der Waals surface area (Å²) in [6.07, 6.45) is 0.594. The topological polar surface area (TPSA) is 64.4 Å². The second-order valence-corrected chi connectivity index (χ2v) is 7.99. The molecule has 5 nitrogen and oxygen atoms in total. The van der Waals surface area contributed by atoms with Gasteiger partial charge in [0.15, 0.2) is 18.1 Å². The fourth-order valence-electron chi connectivity index (χ4n) is 3.49. The van der Waals surface area contributed by atoms with Crippen molar-refractivity contribution >= 4 is 22.7 Å². The van der Waals surface area contributed by atoms with E-state index in [0.717, 1.165) is 39.2 Å². The molecule has 0 aliphatic heterocycles. The predicted octanol–water partition coefficient (Wildman–Crippen LogP) is 5.67. The van der Waals surface area contributed by atoms with Crippen molar-refractivity contribution in [3.05, 3.63) is 88.3 Å². The third-order valence-electron chi connectivity index (χ3n) is 5.33. The highest BCUT2D eigenvalue weighted by Gasteiger charge is 2.10. The molecule has 31 heavy (non-hydrogen) atoms. The van der Waals surface area contributed by atoms with Gasteiger partial charge in [0.05, 0.1) is 0 Å². The Hall–Kier alpha value is -3.60. The van der Waals surface area contributed by atoms with Crippen LogP contribution in [-0.2, 0) is 11.2 Å². The van der Waals surface area contributed by atoms with Crippen LogP contribution in [0.15, 0.2) is 59.0 Å². The molecule has 158 valence electrons. The molecule has 1 amide bonds. The monoisotopic (exact) mass is 414 g/mol. The van der Waals surface area contributed by atoms with E-state index < -0.39 is 0 Å². The number of aryl methyl sites for hydroxylation is 4. The molecule has 0 radical (unpaired) electrons. The summed E-state index contributed by atoms with van der Waals surface area (Å²) in [5, 5.41) is 2.87. The number of carbonyl (C=O) groups is 1. The number of carbonyl (C=O) groups excluding carboxylic acids is 1. The number of anilines is 1. The fourth-order valence-corrected chi connectivity index (χ4v) is 3.49. The summed E-state index contributed by atoms with van der Waals surface area (Å²) in [5.41, 5.74) is 8.05. The van der Waals surface area contributed by atoms with Gasteiger partial charge in [-0.05, 0) is 80.3 Å². The van der Waals surface area contributed by atoms with E-state index in [1.807, 2.05) is 62.4 Å². The fraction of sp³-hybridized carbons (Fsp3) is 0.231. The first-order valence-electron chi connectivity index (χ1n) is 10.3. The summed E-state index contributed by atoms with van der Waals surface area (Å²) in [6, 6.07) is 17.7. The van der Waals surface area contributed by atoms with Crippen LogP contribution >= 0.6 is 0 Å². The Labute approximate surface area is 182 Å². The highest BCUT2D eigenvalue weighted by Crippen LogP contribution is 2.22. The van der Waals surface area contributed by atoms with Gasteiger partial charge in [0, 0.05) is 12.1 Å². The maximum Gasteiger partial charge on any atom is 0.262 e. The van der Waals surface area contributed by atoms with Crippen LogP contribution in [-0.4, -0.2) is 17.5 Å². The molecule has 0 unspecified atom stereocenters. The smallest absolute Gasteiger partial charge is 0.262 e. The van der Waals surface area contributed by atoms with Crippen molar-refractivity contribution in [2.45, 2.75) is 34.1 Å². The normalized spacial score (nSPS) is 11.0. The molecule has 5 heteroatoms. The number of aromatic nitrogens is 1. The van der Waals surface area contributed by atoms with Crippen molar-refractivity contribution in [3.8, 4) is 5.75 Å². The van der Waals surface area contributed by atoms with Gasteiger partial charge in [-0.25, -0.2) is 4.98 Å². The highest BCUT2D eigenvalue weighted by molar-refractivity contribution is 5.91. The van der Waals surface area contributed by atoms with Crippen molar-refractivity contribution in [1.29, 1.82) is 0 Å². The van der Waals surface area contributed by atoms with Crippen LogP contribution < -0.4 is 10.1 Å². The van der Waals surface area contributed by atoms with Crippen molar-refractivity contribution in [3.63, 3.8) is 0 Å². The predicted molar refractivity (Wildman–Crippen MR) is 123 cm³/mol. The summed E-state index contributed by atoms with van der Waals surface area (Å²) in [5.74, 6) is 1.20. The lowest BCUT2D eigenvalue weighted by Gasteiger charge is -2.10. The first kappa shape index (κ1) is 20.7. The lowest BCUT2D eigenvalue weighted by Crippen LogP contribution is -2.20. The van der Waals surface area contributed by atoms with Crippen LogP contribution in [0.5, 0.6) is 5.75 Å². The molecule has 1 heterocycles. The molecule has 0 spiro atoms. The molecule has 0 atom stereocenters. The van der Waals surface area contributed by atoms with Crippen molar-refractivity contribution in [2.24, 2.45) is 0 Å². The number of oxazole rings is 1. The molecule has 4 aromatic rings. The Bertz CT molecular complexity index is 1200. The van der Waals surface area contributed by atoms with Crippen LogP contribution in [0, 0.1) is 27.7 Å².